The van der Waals surface area contributed by atoms with Gasteiger partial charge in [0.1, 0.15) is 11.4 Å². The van der Waals surface area contributed by atoms with Crippen LogP contribution in [0.15, 0.2) is 42.5 Å². The molecule has 2 aromatic rings. The largest absolute Gasteiger partial charge is 0.337 e. The van der Waals surface area contributed by atoms with Crippen molar-refractivity contribution in [3.05, 3.63) is 59.4 Å². The van der Waals surface area contributed by atoms with E-state index in [9.17, 15) is 9.59 Å². The number of carbonyl (C=O) groups is 2. The van der Waals surface area contributed by atoms with Crippen molar-refractivity contribution in [2.75, 3.05) is 24.5 Å². The molecule has 0 aliphatic carbocycles. The highest BCUT2D eigenvalue weighted by molar-refractivity contribution is 6.05. The van der Waals surface area contributed by atoms with Crippen LogP contribution in [-0.2, 0) is 0 Å². The molecule has 0 radical (unpaired) electrons. The van der Waals surface area contributed by atoms with Crippen molar-refractivity contribution in [2.45, 2.75) is 33.6 Å². The van der Waals surface area contributed by atoms with Crippen LogP contribution in [0.3, 0.4) is 0 Å². The molecular weight excluding hydrogens is 338 g/mol. The number of carbonyl (C=O) groups excluding carboxylic acids is 2. The molecule has 1 aromatic heterocycles. The molecule has 2 heterocycles. The Labute approximate surface area is 161 Å². The number of aryl methyl sites for hydroxylation is 1. The van der Waals surface area contributed by atoms with Gasteiger partial charge in [0.25, 0.3) is 11.8 Å². The van der Waals surface area contributed by atoms with Gasteiger partial charge in [0, 0.05) is 25.3 Å². The lowest BCUT2D eigenvalue weighted by Crippen LogP contribution is -2.38. The predicted molar refractivity (Wildman–Crippen MR) is 107 cm³/mol. The van der Waals surface area contributed by atoms with Crippen molar-refractivity contribution in [1.82, 2.24) is 9.88 Å². The molecule has 0 atom stereocenters. The average Bonchev–Trinajstić information content (AvgIpc) is 2.69. The minimum absolute atomic E-state index is 0.0878. The third kappa shape index (κ3) is 4.35. The molecule has 1 aromatic carbocycles. The second-order valence-electron chi connectivity index (χ2n) is 7.27. The molecule has 5 nitrogen and oxygen atoms in total. The zero-order valence-electron chi connectivity index (χ0n) is 16.3. The van der Waals surface area contributed by atoms with Crippen LogP contribution in [0.25, 0.3) is 0 Å². The monoisotopic (exact) mass is 365 g/mol. The standard InChI is InChI=1S/C22H27N3O2/c1-4-25(18-8-5-7-17(3)15-18)22(27)20-10-6-9-19(23-20)21(26)24-13-11-16(2)12-14-24/h5-10,15-16H,4,11-14H2,1-3H3. The fourth-order valence-electron chi connectivity index (χ4n) is 3.42. The van der Waals surface area contributed by atoms with Crippen LogP contribution < -0.4 is 4.90 Å². The van der Waals surface area contributed by atoms with Crippen molar-refractivity contribution in [2.24, 2.45) is 5.92 Å². The number of pyridine rings is 1. The molecule has 0 unspecified atom stereocenters. The third-order valence-electron chi connectivity index (χ3n) is 5.13. The highest BCUT2D eigenvalue weighted by Crippen LogP contribution is 2.20. The van der Waals surface area contributed by atoms with E-state index in [1.165, 1.54) is 0 Å². The Balaban J connectivity index is 1.81. The van der Waals surface area contributed by atoms with Gasteiger partial charge in [0.2, 0.25) is 0 Å². The average molecular weight is 365 g/mol. The SMILES string of the molecule is CCN(C(=O)c1cccc(C(=O)N2CCC(C)CC2)n1)c1cccc(C)c1. The third-order valence-corrected chi connectivity index (χ3v) is 5.13. The summed E-state index contributed by atoms with van der Waals surface area (Å²) in [6.07, 6.45) is 2.03. The summed E-state index contributed by atoms with van der Waals surface area (Å²) < 4.78 is 0. The molecular formula is C22H27N3O2. The van der Waals surface area contributed by atoms with Gasteiger partial charge in [0.15, 0.2) is 0 Å². The summed E-state index contributed by atoms with van der Waals surface area (Å²) in [7, 11) is 0. The van der Waals surface area contributed by atoms with Crippen LogP contribution in [0.2, 0.25) is 0 Å². The molecule has 2 amide bonds. The Morgan fingerprint density at radius 1 is 1.11 bits per heavy atom. The Morgan fingerprint density at radius 3 is 2.44 bits per heavy atom. The van der Waals surface area contributed by atoms with Crippen LogP contribution in [0, 0.1) is 12.8 Å². The smallest absolute Gasteiger partial charge is 0.276 e. The van der Waals surface area contributed by atoms with E-state index < -0.39 is 0 Å². The van der Waals surface area contributed by atoms with E-state index in [0.29, 0.717) is 23.9 Å². The summed E-state index contributed by atoms with van der Waals surface area (Å²) in [6.45, 7) is 8.19. The van der Waals surface area contributed by atoms with Gasteiger partial charge in [-0.25, -0.2) is 4.98 Å². The van der Waals surface area contributed by atoms with Crippen LogP contribution in [-0.4, -0.2) is 41.3 Å². The molecule has 0 N–H and O–H groups in total. The maximum absolute atomic E-state index is 13.0. The number of rotatable bonds is 4. The van der Waals surface area contributed by atoms with Gasteiger partial charge in [-0.1, -0.05) is 25.1 Å². The molecule has 3 rings (SSSR count). The highest BCUT2D eigenvalue weighted by Gasteiger charge is 2.24. The number of anilines is 1. The highest BCUT2D eigenvalue weighted by atomic mass is 16.2. The lowest BCUT2D eigenvalue weighted by Gasteiger charge is -2.30. The van der Waals surface area contributed by atoms with Crippen LogP contribution >= 0.6 is 0 Å². The molecule has 27 heavy (non-hydrogen) atoms. The van der Waals surface area contributed by atoms with E-state index in [0.717, 1.165) is 37.2 Å². The molecule has 1 fully saturated rings. The van der Waals surface area contributed by atoms with Crippen molar-refractivity contribution in [3.8, 4) is 0 Å². The first-order chi connectivity index (χ1) is 13.0. The minimum atomic E-state index is -0.190. The fraction of sp³-hybridized carbons (Fsp3) is 0.409. The van der Waals surface area contributed by atoms with E-state index >= 15 is 0 Å². The van der Waals surface area contributed by atoms with Gasteiger partial charge in [-0.15, -0.1) is 0 Å². The van der Waals surface area contributed by atoms with E-state index in [-0.39, 0.29) is 11.8 Å². The second kappa shape index (κ2) is 8.33. The number of likely N-dealkylation sites (tertiary alicyclic amines) is 1. The summed E-state index contributed by atoms with van der Waals surface area (Å²) in [5.74, 6) is 0.377. The van der Waals surface area contributed by atoms with Crippen LogP contribution in [0.5, 0.6) is 0 Å². The molecule has 5 heteroatoms. The normalized spacial score (nSPS) is 14.9. The van der Waals surface area contributed by atoms with Gasteiger partial charge < -0.3 is 9.80 Å². The molecule has 0 spiro atoms. The van der Waals surface area contributed by atoms with Gasteiger partial charge in [-0.05, 0) is 62.4 Å². The van der Waals surface area contributed by atoms with E-state index in [1.54, 1.807) is 23.1 Å². The molecule has 1 aliphatic heterocycles. The van der Waals surface area contributed by atoms with Gasteiger partial charge >= 0.3 is 0 Å². The Kier molecular flexibility index (Phi) is 5.89. The van der Waals surface area contributed by atoms with E-state index in [4.69, 9.17) is 0 Å². The van der Waals surface area contributed by atoms with E-state index in [1.807, 2.05) is 43.0 Å². The maximum atomic E-state index is 13.0. The lowest BCUT2D eigenvalue weighted by molar-refractivity contribution is 0.0691. The summed E-state index contributed by atoms with van der Waals surface area (Å²) in [5.41, 5.74) is 2.58. The van der Waals surface area contributed by atoms with Crippen LogP contribution in [0.4, 0.5) is 5.69 Å². The molecule has 1 saturated heterocycles. The maximum Gasteiger partial charge on any atom is 0.276 e. The Hall–Kier alpha value is -2.69. The first kappa shape index (κ1) is 19.1. The quantitative estimate of drug-likeness (QED) is 0.825. The predicted octanol–water partition coefficient (Wildman–Crippen LogP) is 3.93. The first-order valence-corrected chi connectivity index (χ1v) is 9.64. The number of hydrogen-bond donors (Lipinski definition) is 0. The summed E-state index contributed by atoms with van der Waals surface area (Å²) in [5, 5.41) is 0. The number of piperidine rings is 1. The van der Waals surface area contributed by atoms with Gasteiger partial charge in [0.05, 0.1) is 0 Å². The van der Waals surface area contributed by atoms with Crippen molar-refractivity contribution in [1.29, 1.82) is 0 Å². The number of amides is 2. The molecule has 0 saturated carbocycles. The summed E-state index contributed by atoms with van der Waals surface area (Å²) >= 11 is 0. The second-order valence-corrected chi connectivity index (χ2v) is 7.27. The van der Waals surface area contributed by atoms with E-state index in [2.05, 4.69) is 11.9 Å². The number of aromatic nitrogens is 1. The van der Waals surface area contributed by atoms with Crippen molar-refractivity contribution < 1.29 is 9.59 Å². The molecule has 0 bridgehead atoms. The van der Waals surface area contributed by atoms with Crippen LogP contribution in [0.1, 0.15) is 53.2 Å². The Morgan fingerprint density at radius 2 is 1.78 bits per heavy atom. The topological polar surface area (TPSA) is 53.5 Å². The Bertz CT molecular complexity index is 826. The number of nitrogens with zero attached hydrogens (tertiary/aromatic N) is 3. The zero-order chi connectivity index (χ0) is 19.4. The summed E-state index contributed by atoms with van der Waals surface area (Å²) in [6, 6.07) is 12.9. The molecule has 142 valence electrons. The summed E-state index contributed by atoms with van der Waals surface area (Å²) in [4.78, 5) is 33.7. The van der Waals surface area contributed by atoms with Gasteiger partial charge in [-0.2, -0.15) is 0 Å². The number of benzene rings is 1. The van der Waals surface area contributed by atoms with Crippen molar-refractivity contribution in [3.63, 3.8) is 0 Å². The van der Waals surface area contributed by atoms with Crippen molar-refractivity contribution >= 4 is 17.5 Å². The first-order valence-electron chi connectivity index (χ1n) is 9.64. The lowest BCUT2D eigenvalue weighted by atomic mass is 9.99. The zero-order valence-corrected chi connectivity index (χ0v) is 16.3. The fourth-order valence-corrected chi connectivity index (χ4v) is 3.42. The molecule has 1 aliphatic rings. The number of hydrogen-bond acceptors (Lipinski definition) is 3. The minimum Gasteiger partial charge on any atom is -0.337 e. The van der Waals surface area contributed by atoms with Gasteiger partial charge in [-0.3, -0.25) is 9.59 Å².